The van der Waals surface area contributed by atoms with Crippen molar-refractivity contribution in [1.29, 1.82) is 0 Å². The number of ketones is 1. The Kier molecular flexibility index (Phi) is 5.45. The van der Waals surface area contributed by atoms with Gasteiger partial charge in [-0.05, 0) is 25.1 Å². The second kappa shape index (κ2) is 6.62. The van der Waals surface area contributed by atoms with Gasteiger partial charge in [-0.3, -0.25) is 4.79 Å². The van der Waals surface area contributed by atoms with Gasteiger partial charge in [-0.1, -0.05) is 25.4 Å². The number of Topliss-reactive ketones (excluding diaryl/α,β-unsaturated/α-hetero) is 1. The van der Waals surface area contributed by atoms with Gasteiger partial charge in [0.15, 0.2) is 5.78 Å². The molecule has 0 aliphatic carbocycles. The first-order valence-electron chi connectivity index (χ1n) is 5.73. The van der Waals surface area contributed by atoms with Crippen molar-refractivity contribution in [2.45, 2.75) is 26.8 Å². The van der Waals surface area contributed by atoms with Crippen LogP contribution >= 0.6 is 11.6 Å². The molecule has 3 nitrogen and oxygen atoms in total. The largest absolute Gasteiger partial charge is 0.492 e. The van der Waals surface area contributed by atoms with Crippen molar-refractivity contribution in [2.24, 2.45) is 0 Å². The molecule has 17 heavy (non-hydrogen) atoms. The van der Waals surface area contributed by atoms with Crippen LogP contribution in [0, 0.1) is 0 Å². The summed E-state index contributed by atoms with van der Waals surface area (Å²) in [5.41, 5.74) is 0.603. The van der Waals surface area contributed by atoms with E-state index in [4.69, 9.17) is 16.3 Å². The minimum Gasteiger partial charge on any atom is -0.492 e. The molecule has 0 saturated heterocycles. The lowest BCUT2D eigenvalue weighted by Crippen LogP contribution is -2.29. The van der Waals surface area contributed by atoms with Gasteiger partial charge in [0.2, 0.25) is 0 Å². The van der Waals surface area contributed by atoms with Crippen LogP contribution in [0.25, 0.3) is 0 Å². The second-order valence-corrected chi connectivity index (χ2v) is 4.44. The van der Waals surface area contributed by atoms with Crippen molar-refractivity contribution < 1.29 is 9.53 Å². The smallest absolute Gasteiger partial charge is 0.176 e. The standard InChI is InChI=1S/C13H18ClNO2/c1-4-17-13-6-5-10(7-11(13)14)12(16)8-15-9(2)3/h5-7,9,15H,4,8H2,1-3H3. The highest BCUT2D eigenvalue weighted by Crippen LogP contribution is 2.25. The fourth-order valence-electron chi connectivity index (χ4n) is 1.35. The van der Waals surface area contributed by atoms with Crippen LogP contribution in [0.2, 0.25) is 5.02 Å². The van der Waals surface area contributed by atoms with E-state index in [1.165, 1.54) is 0 Å². The number of nitrogens with one attached hydrogen (secondary N) is 1. The summed E-state index contributed by atoms with van der Waals surface area (Å²) in [5, 5.41) is 3.55. The summed E-state index contributed by atoms with van der Waals surface area (Å²) in [4.78, 5) is 11.8. The normalized spacial score (nSPS) is 10.6. The minimum absolute atomic E-state index is 0.0312. The number of rotatable bonds is 6. The molecule has 0 amide bonds. The molecule has 1 rings (SSSR count). The van der Waals surface area contributed by atoms with E-state index in [0.29, 0.717) is 29.5 Å². The van der Waals surface area contributed by atoms with E-state index in [0.717, 1.165) is 0 Å². The van der Waals surface area contributed by atoms with Crippen LogP contribution in [0.15, 0.2) is 18.2 Å². The molecule has 0 fully saturated rings. The zero-order valence-corrected chi connectivity index (χ0v) is 11.2. The molecule has 0 unspecified atom stereocenters. The molecule has 0 aliphatic rings. The quantitative estimate of drug-likeness (QED) is 0.795. The third-order valence-electron chi connectivity index (χ3n) is 2.22. The van der Waals surface area contributed by atoms with Crippen molar-refractivity contribution >= 4 is 17.4 Å². The molecule has 0 aliphatic heterocycles. The molecular weight excluding hydrogens is 238 g/mol. The number of carbonyl (C=O) groups is 1. The highest BCUT2D eigenvalue weighted by Gasteiger charge is 2.09. The van der Waals surface area contributed by atoms with E-state index in [1.807, 2.05) is 20.8 Å². The molecule has 1 N–H and O–H groups in total. The van der Waals surface area contributed by atoms with E-state index in [-0.39, 0.29) is 11.8 Å². The predicted molar refractivity (Wildman–Crippen MR) is 70.1 cm³/mol. The Morgan fingerprint density at radius 1 is 1.47 bits per heavy atom. The number of benzene rings is 1. The topological polar surface area (TPSA) is 38.3 Å². The van der Waals surface area contributed by atoms with Crippen molar-refractivity contribution in [2.75, 3.05) is 13.2 Å². The predicted octanol–water partition coefficient (Wildman–Crippen LogP) is 2.92. The van der Waals surface area contributed by atoms with Crippen LogP contribution in [0.1, 0.15) is 31.1 Å². The Balaban J connectivity index is 2.72. The first-order chi connectivity index (χ1) is 8.04. The minimum atomic E-state index is 0.0312. The van der Waals surface area contributed by atoms with Crippen LogP contribution in [0.4, 0.5) is 0 Å². The monoisotopic (exact) mass is 255 g/mol. The maximum absolute atomic E-state index is 11.8. The van der Waals surface area contributed by atoms with Gasteiger partial charge in [0.05, 0.1) is 18.2 Å². The maximum Gasteiger partial charge on any atom is 0.176 e. The number of hydrogen-bond donors (Lipinski definition) is 1. The SMILES string of the molecule is CCOc1ccc(C(=O)CNC(C)C)cc1Cl. The second-order valence-electron chi connectivity index (χ2n) is 4.04. The number of carbonyl (C=O) groups excluding carboxylic acids is 1. The van der Waals surface area contributed by atoms with Gasteiger partial charge in [-0.25, -0.2) is 0 Å². The number of ether oxygens (including phenoxy) is 1. The zero-order chi connectivity index (χ0) is 12.8. The number of hydrogen-bond acceptors (Lipinski definition) is 3. The van der Waals surface area contributed by atoms with Gasteiger partial charge in [0.1, 0.15) is 5.75 Å². The molecular formula is C13H18ClNO2. The third kappa shape index (κ3) is 4.36. The van der Waals surface area contributed by atoms with Gasteiger partial charge < -0.3 is 10.1 Å². The van der Waals surface area contributed by atoms with Crippen LogP contribution < -0.4 is 10.1 Å². The summed E-state index contributed by atoms with van der Waals surface area (Å²) in [5.74, 6) is 0.645. The molecule has 0 bridgehead atoms. The average molecular weight is 256 g/mol. The summed E-state index contributed by atoms with van der Waals surface area (Å²) in [7, 11) is 0. The molecule has 0 heterocycles. The van der Waals surface area contributed by atoms with Crippen LogP contribution in [-0.2, 0) is 0 Å². The van der Waals surface area contributed by atoms with Crippen LogP contribution in [0.5, 0.6) is 5.75 Å². The average Bonchev–Trinajstić information content (AvgIpc) is 2.28. The summed E-state index contributed by atoms with van der Waals surface area (Å²) in [6.07, 6.45) is 0. The summed E-state index contributed by atoms with van der Waals surface area (Å²) < 4.78 is 5.31. The number of halogens is 1. The fraction of sp³-hybridized carbons (Fsp3) is 0.462. The van der Waals surface area contributed by atoms with Crippen molar-refractivity contribution in [3.8, 4) is 5.75 Å². The third-order valence-corrected chi connectivity index (χ3v) is 2.52. The first kappa shape index (κ1) is 14.0. The Hall–Kier alpha value is -1.06. The zero-order valence-electron chi connectivity index (χ0n) is 10.4. The lowest BCUT2D eigenvalue weighted by Gasteiger charge is -2.09. The van der Waals surface area contributed by atoms with Gasteiger partial charge in [-0.15, -0.1) is 0 Å². The summed E-state index contributed by atoms with van der Waals surface area (Å²) >= 11 is 6.02. The molecule has 0 atom stereocenters. The summed E-state index contributed by atoms with van der Waals surface area (Å²) in [6, 6.07) is 5.41. The summed E-state index contributed by atoms with van der Waals surface area (Å²) in [6.45, 7) is 6.77. The Morgan fingerprint density at radius 3 is 2.71 bits per heavy atom. The highest BCUT2D eigenvalue weighted by atomic mass is 35.5. The molecule has 4 heteroatoms. The van der Waals surface area contributed by atoms with E-state index in [1.54, 1.807) is 18.2 Å². The molecule has 0 radical (unpaired) electrons. The van der Waals surface area contributed by atoms with Crippen LogP contribution in [-0.4, -0.2) is 25.0 Å². The van der Waals surface area contributed by atoms with E-state index in [9.17, 15) is 4.79 Å². The first-order valence-corrected chi connectivity index (χ1v) is 6.11. The lowest BCUT2D eigenvalue weighted by atomic mass is 10.1. The molecule has 0 aromatic heterocycles. The van der Waals surface area contributed by atoms with Gasteiger partial charge >= 0.3 is 0 Å². The van der Waals surface area contributed by atoms with Gasteiger partial charge in [-0.2, -0.15) is 0 Å². The van der Waals surface area contributed by atoms with E-state index >= 15 is 0 Å². The Morgan fingerprint density at radius 2 is 2.18 bits per heavy atom. The van der Waals surface area contributed by atoms with Crippen molar-refractivity contribution in [3.63, 3.8) is 0 Å². The van der Waals surface area contributed by atoms with Gasteiger partial charge in [0.25, 0.3) is 0 Å². The lowest BCUT2D eigenvalue weighted by molar-refractivity contribution is 0.0988. The molecule has 0 spiro atoms. The highest BCUT2D eigenvalue weighted by molar-refractivity contribution is 6.32. The van der Waals surface area contributed by atoms with Crippen molar-refractivity contribution in [3.05, 3.63) is 28.8 Å². The van der Waals surface area contributed by atoms with Crippen molar-refractivity contribution in [1.82, 2.24) is 5.32 Å². The Labute approximate surface area is 107 Å². The van der Waals surface area contributed by atoms with E-state index in [2.05, 4.69) is 5.32 Å². The van der Waals surface area contributed by atoms with E-state index < -0.39 is 0 Å². The molecule has 1 aromatic carbocycles. The maximum atomic E-state index is 11.8. The van der Waals surface area contributed by atoms with Gasteiger partial charge in [0, 0.05) is 11.6 Å². The fourth-order valence-corrected chi connectivity index (χ4v) is 1.58. The molecule has 1 aromatic rings. The molecule has 94 valence electrons. The Bertz CT molecular complexity index is 391. The molecule has 0 saturated carbocycles. The van der Waals surface area contributed by atoms with Crippen LogP contribution in [0.3, 0.4) is 0 Å².